The lowest BCUT2D eigenvalue weighted by molar-refractivity contribution is -0.257. The number of phenols is 2. The van der Waals surface area contributed by atoms with Crippen LogP contribution in [0.15, 0.2) is 30.4 Å². The first-order valence-electron chi connectivity index (χ1n) is 14.1. The Hall–Kier alpha value is -3.65. The minimum Gasteiger partial charge on any atom is -0.507 e. The number of hydrogen-bond acceptors (Lipinski definition) is 12. The Labute approximate surface area is 246 Å². The van der Waals surface area contributed by atoms with Crippen LogP contribution in [0, 0.1) is 0 Å². The smallest absolute Gasteiger partial charge is 0.202 e. The number of ketones is 3. The number of carbonyl (C=O) groups is 3. The molecule has 2 aromatic rings. The molecule has 2 aliphatic heterocycles. The molecule has 0 saturated carbocycles. The van der Waals surface area contributed by atoms with Crippen molar-refractivity contribution in [2.24, 2.45) is 0 Å². The number of aromatic hydroxyl groups is 2. The van der Waals surface area contributed by atoms with Crippen LogP contribution in [0.4, 0.5) is 0 Å². The van der Waals surface area contributed by atoms with E-state index in [1.165, 1.54) is 25.3 Å². The standard InChI is InChI=1S/C31H33NO11/c1-14-26(35)17(32-8-3-4-9-32)10-21(42-14)43-19-12-31(40,20(34)13-33)11-16-23(19)30(39)25-24(28(16)37)27(36)15-6-5-7-18(41-2)22(15)29(25)38/h3-7,14,17,19,21,26,33,35,37,39-40H,8-13H2,1-2H3/t14-,17-,19-,21-,26+,31-/m0/s1. The molecule has 2 heterocycles. The van der Waals surface area contributed by atoms with Gasteiger partial charge in [0.2, 0.25) is 5.78 Å². The van der Waals surface area contributed by atoms with Gasteiger partial charge in [0.15, 0.2) is 17.9 Å². The SMILES string of the molecule is COc1cccc2c1C(=O)c1c(O)c3c(c(O)c1C2=O)C[C@@](O)(C(=O)CO)C[C@@H]3O[C@H]1C[C@H](N2CC=CC2)[C@H](O)[C@H](C)O1. The third-order valence-corrected chi connectivity index (χ3v) is 9.05. The van der Waals surface area contributed by atoms with Gasteiger partial charge in [-0.2, -0.15) is 0 Å². The highest BCUT2D eigenvalue weighted by Gasteiger charge is 2.50. The number of hydrogen-bond donors (Lipinski definition) is 5. The van der Waals surface area contributed by atoms with Crippen molar-refractivity contribution in [1.29, 1.82) is 0 Å². The van der Waals surface area contributed by atoms with E-state index >= 15 is 0 Å². The minimum absolute atomic E-state index is 0.0394. The summed E-state index contributed by atoms with van der Waals surface area (Å²) < 4.78 is 17.5. The van der Waals surface area contributed by atoms with Crippen molar-refractivity contribution >= 4 is 17.3 Å². The minimum atomic E-state index is -2.23. The quantitative estimate of drug-likeness (QED) is 0.201. The van der Waals surface area contributed by atoms with Gasteiger partial charge in [-0.15, -0.1) is 0 Å². The Bertz CT molecular complexity index is 1540. The Morgan fingerprint density at radius 2 is 1.79 bits per heavy atom. The highest BCUT2D eigenvalue weighted by Crippen LogP contribution is 2.52. The molecule has 0 spiro atoms. The first-order chi connectivity index (χ1) is 20.5. The summed E-state index contributed by atoms with van der Waals surface area (Å²) in [6, 6.07) is 4.06. The zero-order chi connectivity index (χ0) is 30.8. The normalized spacial score (nSPS) is 30.1. The Balaban J connectivity index is 1.46. The maximum Gasteiger partial charge on any atom is 0.202 e. The number of aliphatic hydroxyl groups excluding tert-OH is 2. The molecule has 0 amide bonds. The van der Waals surface area contributed by atoms with Crippen LogP contribution in [0.5, 0.6) is 17.2 Å². The summed E-state index contributed by atoms with van der Waals surface area (Å²) in [6.07, 6.45) is -0.606. The van der Waals surface area contributed by atoms with E-state index in [2.05, 4.69) is 4.90 Å². The first kappa shape index (κ1) is 29.4. The molecule has 0 radical (unpaired) electrons. The first-order valence-corrected chi connectivity index (χ1v) is 14.1. The molecule has 6 atom stereocenters. The molecule has 5 N–H and O–H groups in total. The summed E-state index contributed by atoms with van der Waals surface area (Å²) in [6.45, 7) is 1.93. The number of benzene rings is 2. The van der Waals surface area contributed by atoms with Crippen molar-refractivity contribution in [2.45, 2.75) is 62.4 Å². The number of ether oxygens (including phenoxy) is 3. The molecule has 0 bridgehead atoms. The average molecular weight is 596 g/mol. The molecule has 2 aromatic carbocycles. The topological polar surface area (TPSA) is 183 Å². The van der Waals surface area contributed by atoms with Gasteiger partial charge in [-0.05, 0) is 13.0 Å². The molecule has 228 valence electrons. The molecule has 0 aromatic heterocycles. The van der Waals surface area contributed by atoms with Crippen LogP contribution in [-0.4, -0.2) is 105 Å². The monoisotopic (exact) mass is 595 g/mol. The van der Waals surface area contributed by atoms with E-state index in [9.17, 15) is 39.9 Å². The van der Waals surface area contributed by atoms with Crippen LogP contribution < -0.4 is 4.74 Å². The number of aliphatic hydroxyl groups is 3. The summed E-state index contributed by atoms with van der Waals surface area (Å²) >= 11 is 0. The largest absolute Gasteiger partial charge is 0.507 e. The fraction of sp³-hybridized carbons (Fsp3) is 0.452. The zero-order valence-electron chi connectivity index (χ0n) is 23.6. The van der Waals surface area contributed by atoms with Crippen molar-refractivity contribution in [3.8, 4) is 17.2 Å². The fourth-order valence-electron chi connectivity index (χ4n) is 6.82. The molecule has 43 heavy (non-hydrogen) atoms. The average Bonchev–Trinajstić information content (AvgIpc) is 3.53. The van der Waals surface area contributed by atoms with Crippen LogP contribution >= 0.6 is 0 Å². The molecule has 2 aliphatic carbocycles. The van der Waals surface area contributed by atoms with Crippen LogP contribution in [0.1, 0.15) is 68.8 Å². The molecular formula is C31H33NO11. The molecule has 12 nitrogen and oxygen atoms in total. The molecule has 6 rings (SSSR count). The van der Waals surface area contributed by atoms with Crippen LogP contribution in [0.25, 0.3) is 0 Å². The predicted octanol–water partition coefficient (Wildman–Crippen LogP) is 0.914. The van der Waals surface area contributed by atoms with Gasteiger partial charge in [0, 0.05) is 55.1 Å². The highest BCUT2D eigenvalue weighted by atomic mass is 16.7. The number of methoxy groups -OCH3 is 1. The number of fused-ring (bicyclic) bond motifs is 3. The molecule has 12 heteroatoms. The van der Waals surface area contributed by atoms with Gasteiger partial charge in [0.25, 0.3) is 0 Å². The van der Waals surface area contributed by atoms with E-state index in [-0.39, 0.29) is 40.5 Å². The maximum absolute atomic E-state index is 13.8. The molecular weight excluding hydrogens is 562 g/mol. The van der Waals surface area contributed by atoms with E-state index in [1.807, 2.05) is 12.2 Å². The number of rotatable bonds is 6. The predicted molar refractivity (Wildman–Crippen MR) is 148 cm³/mol. The number of phenolic OH excluding ortho intramolecular Hbond substituents is 2. The summed E-state index contributed by atoms with van der Waals surface area (Å²) in [5.74, 6) is -3.66. The maximum atomic E-state index is 13.8. The third kappa shape index (κ3) is 4.57. The molecule has 1 fully saturated rings. The van der Waals surface area contributed by atoms with E-state index in [1.54, 1.807) is 6.92 Å². The van der Waals surface area contributed by atoms with Crippen molar-refractivity contribution in [3.05, 3.63) is 63.7 Å². The van der Waals surface area contributed by atoms with Gasteiger partial charge in [-0.25, -0.2) is 0 Å². The van der Waals surface area contributed by atoms with Gasteiger partial charge in [-0.3, -0.25) is 19.3 Å². The summed E-state index contributed by atoms with van der Waals surface area (Å²) in [4.78, 5) is 42.3. The fourth-order valence-corrected chi connectivity index (χ4v) is 6.82. The van der Waals surface area contributed by atoms with Crippen molar-refractivity contribution in [1.82, 2.24) is 4.90 Å². The molecule has 0 unspecified atom stereocenters. The number of Topliss-reactive ketones (excluding diaryl/α,β-unsaturated/α-hetero) is 1. The van der Waals surface area contributed by atoms with Crippen LogP contribution in [0.2, 0.25) is 0 Å². The summed E-state index contributed by atoms with van der Waals surface area (Å²) in [7, 11) is 1.34. The lowest BCUT2D eigenvalue weighted by Crippen LogP contribution is -2.55. The molecule has 4 aliphatic rings. The Morgan fingerprint density at radius 3 is 2.47 bits per heavy atom. The van der Waals surface area contributed by atoms with Crippen molar-refractivity contribution in [3.63, 3.8) is 0 Å². The zero-order valence-corrected chi connectivity index (χ0v) is 23.6. The van der Waals surface area contributed by atoms with Gasteiger partial charge in [0.05, 0.1) is 42.1 Å². The van der Waals surface area contributed by atoms with Gasteiger partial charge in [0.1, 0.15) is 29.5 Å². The van der Waals surface area contributed by atoms with Gasteiger partial charge in [-0.1, -0.05) is 24.3 Å². The number of carbonyl (C=O) groups excluding carboxylic acids is 3. The van der Waals surface area contributed by atoms with E-state index in [0.29, 0.717) is 13.1 Å². The Kier molecular flexibility index (Phi) is 7.40. The van der Waals surface area contributed by atoms with Crippen molar-refractivity contribution in [2.75, 3.05) is 26.8 Å². The second-order valence-corrected chi connectivity index (χ2v) is 11.5. The van der Waals surface area contributed by atoms with E-state index in [0.717, 1.165) is 0 Å². The molecule has 1 saturated heterocycles. The van der Waals surface area contributed by atoms with E-state index < -0.39 is 89.6 Å². The van der Waals surface area contributed by atoms with Crippen molar-refractivity contribution < 1.29 is 54.1 Å². The highest BCUT2D eigenvalue weighted by molar-refractivity contribution is 6.31. The third-order valence-electron chi connectivity index (χ3n) is 9.05. The lowest BCUT2D eigenvalue weighted by atomic mass is 9.72. The Morgan fingerprint density at radius 1 is 1.09 bits per heavy atom. The second-order valence-electron chi connectivity index (χ2n) is 11.5. The second kappa shape index (κ2) is 10.8. The lowest BCUT2D eigenvalue weighted by Gasteiger charge is -2.44. The number of nitrogens with zero attached hydrogens (tertiary/aromatic N) is 1. The van der Waals surface area contributed by atoms with E-state index in [4.69, 9.17) is 14.2 Å². The van der Waals surface area contributed by atoms with Crippen LogP contribution in [-0.2, 0) is 20.7 Å². The van der Waals surface area contributed by atoms with Crippen LogP contribution in [0.3, 0.4) is 0 Å². The summed E-state index contributed by atoms with van der Waals surface area (Å²) in [5.41, 5.74) is -3.48. The summed E-state index contributed by atoms with van der Waals surface area (Å²) in [5, 5.41) is 55.0. The van der Waals surface area contributed by atoms with Gasteiger partial charge < -0.3 is 39.7 Å². The van der Waals surface area contributed by atoms with Gasteiger partial charge >= 0.3 is 0 Å².